The first-order chi connectivity index (χ1) is 10.4. The van der Waals surface area contributed by atoms with Crippen molar-refractivity contribution in [2.75, 3.05) is 0 Å². The van der Waals surface area contributed by atoms with Gasteiger partial charge in [0.05, 0.1) is 5.02 Å². The normalized spacial score (nSPS) is 16.6. The van der Waals surface area contributed by atoms with E-state index in [2.05, 4.69) is 10.1 Å². The van der Waals surface area contributed by atoms with Crippen molar-refractivity contribution in [2.45, 2.75) is 20.8 Å². The zero-order chi connectivity index (χ0) is 16.3. The molecule has 0 unspecified atom stereocenters. The number of carbonyl (C=O) groups excluding carboxylic acids is 2. The Morgan fingerprint density at radius 2 is 2.05 bits per heavy atom. The molecule has 1 aliphatic carbocycles. The van der Waals surface area contributed by atoms with E-state index in [-0.39, 0.29) is 17.4 Å². The number of ketones is 1. The summed E-state index contributed by atoms with van der Waals surface area (Å²) in [6.07, 6.45) is 4.49. The lowest BCUT2D eigenvalue weighted by molar-refractivity contribution is -0.111. The first-order valence-electron chi connectivity index (χ1n) is 6.74. The SMILES string of the molecule is CC1=CC(=O)C(C(C)C)=C/C1=N/OC(=O)c1ccc(Cl)cn1. The van der Waals surface area contributed by atoms with E-state index in [0.29, 0.717) is 21.9 Å². The van der Waals surface area contributed by atoms with Gasteiger partial charge in [0.2, 0.25) is 0 Å². The van der Waals surface area contributed by atoms with Gasteiger partial charge in [-0.05, 0) is 42.7 Å². The Hall–Kier alpha value is -2.27. The van der Waals surface area contributed by atoms with E-state index in [0.717, 1.165) is 0 Å². The molecule has 0 saturated heterocycles. The first-order valence-corrected chi connectivity index (χ1v) is 7.11. The van der Waals surface area contributed by atoms with Gasteiger partial charge in [-0.1, -0.05) is 30.6 Å². The van der Waals surface area contributed by atoms with Crippen molar-refractivity contribution >= 4 is 29.1 Å². The molecule has 0 aliphatic heterocycles. The maximum Gasteiger partial charge on any atom is 0.383 e. The van der Waals surface area contributed by atoms with E-state index in [1.54, 1.807) is 19.1 Å². The minimum Gasteiger partial charge on any atom is -0.310 e. The monoisotopic (exact) mass is 318 g/mol. The van der Waals surface area contributed by atoms with Gasteiger partial charge in [0.1, 0.15) is 5.71 Å². The second-order valence-corrected chi connectivity index (χ2v) is 5.60. The molecule has 1 heterocycles. The number of allylic oxidation sites excluding steroid dienone is 4. The molecule has 2 rings (SSSR count). The summed E-state index contributed by atoms with van der Waals surface area (Å²) in [4.78, 5) is 32.4. The summed E-state index contributed by atoms with van der Waals surface area (Å²) < 4.78 is 0. The van der Waals surface area contributed by atoms with Crippen LogP contribution in [0.2, 0.25) is 5.02 Å². The van der Waals surface area contributed by atoms with E-state index in [1.807, 2.05) is 13.8 Å². The molecule has 5 nitrogen and oxygen atoms in total. The van der Waals surface area contributed by atoms with E-state index >= 15 is 0 Å². The maximum absolute atomic E-state index is 11.9. The third-order valence-electron chi connectivity index (χ3n) is 3.11. The number of oxime groups is 1. The fourth-order valence-electron chi connectivity index (χ4n) is 1.87. The van der Waals surface area contributed by atoms with Crippen LogP contribution >= 0.6 is 11.6 Å². The highest BCUT2D eigenvalue weighted by Gasteiger charge is 2.19. The van der Waals surface area contributed by atoms with Crippen LogP contribution in [-0.4, -0.2) is 22.4 Å². The average Bonchev–Trinajstić information content (AvgIpc) is 2.46. The quantitative estimate of drug-likeness (QED) is 0.487. The lowest BCUT2D eigenvalue weighted by atomic mass is 9.90. The number of aromatic nitrogens is 1. The van der Waals surface area contributed by atoms with E-state index in [9.17, 15) is 9.59 Å². The number of hydrogen-bond donors (Lipinski definition) is 0. The number of carbonyl (C=O) groups is 2. The molecule has 1 aliphatic rings. The minimum absolute atomic E-state index is 0.0443. The van der Waals surface area contributed by atoms with E-state index in [4.69, 9.17) is 16.4 Å². The van der Waals surface area contributed by atoms with Gasteiger partial charge in [-0.15, -0.1) is 0 Å². The van der Waals surface area contributed by atoms with Crippen molar-refractivity contribution < 1.29 is 14.4 Å². The predicted octanol–water partition coefficient (Wildman–Crippen LogP) is 3.36. The molecule has 0 atom stereocenters. The second kappa shape index (κ2) is 6.66. The molecular weight excluding hydrogens is 304 g/mol. The van der Waals surface area contributed by atoms with Crippen LogP contribution in [0.4, 0.5) is 0 Å². The van der Waals surface area contributed by atoms with Crippen LogP contribution in [0, 0.1) is 5.92 Å². The minimum atomic E-state index is -0.687. The second-order valence-electron chi connectivity index (χ2n) is 5.16. The number of halogens is 1. The molecule has 6 heteroatoms. The summed E-state index contributed by atoms with van der Waals surface area (Å²) in [5.41, 5.74) is 1.83. The Labute approximate surface area is 133 Å². The largest absolute Gasteiger partial charge is 0.383 e. The van der Waals surface area contributed by atoms with Gasteiger partial charge >= 0.3 is 5.97 Å². The van der Waals surface area contributed by atoms with Crippen LogP contribution in [0.15, 0.2) is 46.8 Å². The highest BCUT2D eigenvalue weighted by molar-refractivity contribution is 6.30. The van der Waals surface area contributed by atoms with E-state index in [1.165, 1.54) is 18.3 Å². The lowest BCUT2D eigenvalue weighted by Crippen LogP contribution is -2.16. The number of nitrogens with zero attached hydrogens (tertiary/aromatic N) is 2. The number of rotatable bonds is 3. The smallest absolute Gasteiger partial charge is 0.310 e. The van der Waals surface area contributed by atoms with Crippen molar-refractivity contribution in [1.82, 2.24) is 4.98 Å². The van der Waals surface area contributed by atoms with Crippen LogP contribution in [0.5, 0.6) is 0 Å². The van der Waals surface area contributed by atoms with E-state index < -0.39 is 5.97 Å². The molecule has 22 heavy (non-hydrogen) atoms. The van der Waals surface area contributed by atoms with Crippen LogP contribution in [-0.2, 0) is 9.63 Å². The molecule has 1 aromatic rings. The molecule has 0 saturated carbocycles. The summed E-state index contributed by atoms with van der Waals surface area (Å²) in [5, 5.41) is 4.25. The molecule has 0 amide bonds. The van der Waals surface area contributed by atoms with Gasteiger partial charge < -0.3 is 4.84 Å². The summed E-state index contributed by atoms with van der Waals surface area (Å²) >= 11 is 5.70. The van der Waals surface area contributed by atoms with Crippen LogP contribution in [0.3, 0.4) is 0 Å². The average molecular weight is 319 g/mol. The van der Waals surface area contributed by atoms with Gasteiger partial charge in [-0.3, -0.25) is 4.79 Å². The highest BCUT2D eigenvalue weighted by Crippen LogP contribution is 2.19. The molecule has 0 radical (unpaired) electrons. The van der Waals surface area contributed by atoms with Crippen LogP contribution in [0.25, 0.3) is 0 Å². The van der Waals surface area contributed by atoms with Crippen LogP contribution < -0.4 is 0 Å². The molecule has 114 valence electrons. The Bertz CT molecular complexity index is 701. The Kier molecular flexibility index (Phi) is 4.88. The van der Waals surface area contributed by atoms with Gasteiger partial charge in [0.15, 0.2) is 11.5 Å². The molecule has 0 bridgehead atoms. The van der Waals surface area contributed by atoms with Gasteiger partial charge in [-0.25, -0.2) is 9.78 Å². The van der Waals surface area contributed by atoms with Crippen LogP contribution in [0.1, 0.15) is 31.3 Å². The standard InChI is InChI=1S/C16H15ClN2O3/c1-9(2)12-7-14(10(3)6-15(12)20)19-22-16(21)13-5-4-11(17)8-18-13/h4-9H,1-3H3/b19-14-. The summed E-state index contributed by atoms with van der Waals surface area (Å²) in [6, 6.07) is 2.99. The van der Waals surface area contributed by atoms with Crippen molar-refractivity contribution in [3.8, 4) is 0 Å². The zero-order valence-corrected chi connectivity index (χ0v) is 13.2. The van der Waals surface area contributed by atoms with Crippen molar-refractivity contribution in [1.29, 1.82) is 0 Å². The Balaban J connectivity index is 2.18. The Morgan fingerprint density at radius 1 is 1.32 bits per heavy atom. The molecule has 0 fully saturated rings. The number of pyridine rings is 1. The molecule has 0 spiro atoms. The highest BCUT2D eigenvalue weighted by atomic mass is 35.5. The molecule has 0 aromatic carbocycles. The summed E-state index contributed by atoms with van der Waals surface area (Å²) in [5.74, 6) is -0.666. The van der Waals surface area contributed by atoms with Gasteiger partial charge in [-0.2, -0.15) is 0 Å². The fourth-order valence-corrected chi connectivity index (χ4v) is 1.98. The van der Waals surface area contributed by atoms with Gasteiger partial charge in [0, 0.05) is 11.8 Å². The van der Waals surface area contributed by atoms with Crippen molar-refractivity contribution in [2.24, 2.45) is 11.1 Å². The summed E-state index contributed by atoms with van der Waals surface area (Å²) in [7, 11) is 0. The topological polar surface area (TPSA) is 68.6 Å². The molecule has 1 aromatic heterocycles. The zero-order valence-electron chi connectivity index (χ0n) is 12.5. The third-order valence-corrected chi connectivity index (χ3v) is 3.34. The maximum atomic E-state index is 11.9. The lowest BCUT2D eigenvalue weighted by Gasteiger charge is -2.14. The number of hydrogen-bond acceptors (Lipinski definition) is 5. The molecular formula is C16H15ClN2O3. The fraction of sp³-hybridized carbons (Fsp3) is 0.250. The third kappa shape index (κ3) is 3.68. The predicted molar refractivity (Wildman–Crippen MR) is 83.8 cm³/mol. The van der Waals surface area contributed by atoms with Crippen molar-refractivity contribution in [3.63, 3.8) is 0 Å². The first kappa shape index (κ1) is 16.1. The molecule has 0 N–H and O–H groups in total. The van der Waals surface area contributed by atoms with Gasteiger partial charge in [0.25, 0.3) is 0 Å². The van der Waals surface area contributed by atoms with Crippen molar-refractivity contribution in [3.05, 3.63) is 52.3 Å². The summed E-state index contributed by atoms with van der Waals surface area (Å²) in [6.45, 7) is 5.57. The Morgan fingerprint density at radius 3 is 2.64 bits per heavy atom.